The largest absolute Gasteiger partial charge is 0.416 e. The summed E-state index contributed by atoms with van der Waals surface area (Å²) < 4.78 is 40.6. The molecule has 1 N–H and O–H groups in total. The average Bonchev–Trinajstić information content (AvgIpc) is 3.32. The summed E-state index contributed by atoms with van der Waals surface area (Å²) in [5.74, 6) is 0. The van der Waals surface area contributed by atoms with E-state index >= 15 is 0 Å². The Morgan fingerprint density at radius 1 is 0.921 bits per heavy atom. The van der Waals surface area contributed by atoms with Gasteiger partial charge in [-0.15, -0.1) is 0 Å². The van der Waals surface area contributed by atoms with Crippen LogP contribution in [0.4, 0.5) is 13.2 Å². The van der Waals surface area contributed by atoms with E-state index in [-0.39, 0.29) is 11.6 Å². The van der Waals surface area contributed by atoms with Gasteiger partial charge in [-0.2, -0.15) is 13.2 Å². The second-order valence-corrected chi connectivity index (χ2v) is 9.82. The molecule has 0 saturated carbocycles. The van der Waals surface area contributed by atoms with E-state index in [1.807, 2.05) is 13.0 Å². The third kappa shape index (κ3) is 4.64. The number of aryl methyl sites for hydroxylation is 2. The van der Waals surface area contributed by atoms with E-state index < -0.39 is 17.3 Å². The van der Waals surface area contributed by atoms with Crippen molar-refractivity contribution in [1.82, 2.24) is 19.5 Å². The van der Waals surface area contributed by atoms with E-state index in [0.29, 0.717) is 43.9 Å². The first kappa shape index (κ1) is 26.2. The maximum absolute atomic E-state index is 13.0. The second kappa shape index (κ2) is 9.69. The molecule has 3 aromatic heterocycles. The van der Waals surface area contributed by atoms with Crippen molar-refractivity contribution < 1.29 is 18.3 Å². The lowest BCUT2D eigenvalue weighted by Crippen LogP contribution is -2.31. The minimum atomic E-state index is -4.42. The number of imidazole rings is 1. The first-order valence-corrected chi connectivity index (χ1v) is 12.3. The Labute approximate surface area is 226 Å². The van der Waals surface area contributed by atoms with Crippen LogP contribution in [0.2, 0.25) is 10.2 Å². The van der Waals surface area contributed by atoms with Gasteiger partial charge in [0, 0.05) is 41.9 Å². The molecule has 0 aliphatic carbocycles. The number of pyridine rings is 2. The quantitative estimate of drug-likeness (QED) is 0.240. The number of halogens is 5. The molecule has 10 heteroatoms. The fourth-order valence-electron chi connectivity index (χ4n) is 4.48. The lowest BCUT2D eigenvalue weighted by molar-refractivity contribution is -0.137. The van der Waals surface area contributed by atoms with E-state index in [2.05, 4.69) is 15.0 Å². The summed E-state index contributed by atoms with van der Waals surface area (Å²) in [6.07, 6.45) is 0.550. The van der Waals surface area contributed by atoms with Crippen LogP contribution in [-0.4, -0.2) is 24.6 Å². The van der Waals surface area contributed by atoms with Crippen LogP contribution in [0.15, 0.2) is 73.3 Å². The van der Waals surface area contributed by atoms with E-state index in [4.69, 9.17) is 23.2 Å². The molecule has 1 unspecified atom stereocenters. The van der Waals surface area contributed by atoms with Crippen molar-refractivity contribution in [3.8, 4) is 0 Å². The van der Waals surface area contributed by atoms with Crippen LogP contribution in [-0.2, 0) is 25.2 Å². The molecule has 38 heavy (non-hydrogen) atoms. The second-order valence-electron chi connectivity index (χ2n) is 9.09. The minimum Gasteiger partial charge on any atom is -0.374 e. The number of hydrogen-bond acceptors (Lipinski definition) is 4. The number of nitrogens with zero attached hydrogens (tertiary/aromatic N) is 4. The predicted octanol–water partition coefficient (Wildman–Crippen LogP) is 6.87. The van der Waals surface area contributed by atoms with Gasteiger partial charge < -0.3 is 9.67 Å². The van der Waals surface area contributed by atoms with Crippen molar-refractivity contribution >= 4 is 34.1 Å². The van der Waals surface area contributed by atoms with Crippen molar-refractivity contribution in [2.24, 2.45) is 7.05 Å². The van der Waals surface area contributed by atoms with Crippen molar-refractivity contribution in [1.29, 1.82) is 0 Å². The zero-order chi connectivity index (χ0) is 27.2. The van der Waals surface area contributed by atoms with Crippen LogP contribution in [0.3, 0.4) is 0 Å². The number of fused-ring (bicyclic) bond motifs is 1. The zero-order valence-corrected chi connectivity index (χ0v) is 21.8. The Morgan fingerprint density at radius 3 is 2.21 bits per heavy atom. The molecular weight excluding hydrogens is 536 g/mol. The third-order valence-corrected chi connectivity index (χ3v) is 7.31. The lowest BCUT2D eigenvalue weighted by Gasteiger charge is -2.30. The summed E-state index contributed by atoms with van der Waals surface area (Å²) in [5.41, 5.74) is 1.58. The van der Waals surface area contributed by atoms with Crippen LogP contribution in [0.1, 0.15) is 39.2 Å². The zero-order valence-electron chi connectivity index (χ0n) is 20.3. The van der Waals surface area contributed by atoms with E-state index in [0.717, 1.165) is 17.8 Å². The molecule has 1 atom stereocenters. The summed E-state index contributed by atoms with van der Waals surface area (Å²) in [7, 11) is 1.78. The molecule has 194 valence electrons. The SMILES string of the molecule is Cc1ccc(C(O)(c2ccc3nc(Cl)c(Cc4ccc(C(F)(F)F)cc4)c(Cl)c3c2)c2cncn2C)cn1. The Morgan fingerprint density at radius 2 is 1.61 bits per heavy atom. The highest BCUT2D eigenvalue weighted by Crippen LogP contribution is 2.40. The molecule has 0 amide bonds. The highest BCUT2D eigenvalue weighted by Gasteiger charge is 2.37. The fraction of sp³-hybridized carbons (Fsp3) is 0.179. The van der Waals surface area contributed by atoms with Gasteiger partial charge in [0.05, 0.1) is 34.3 Å². The topological polar surface area (TPSA) is 63.8 Å². The van der Waals surface area contributed by atoms with Gasteiger partial charge in [0.2, 0.25) is 0 Å². The molecule has 0 fully saturated rings. The van der Waals surface area contributed by atoms with E-state index in [1.165, 1.54) is 12.1 Å². The summed E-state index contributed by atoms with van der Waals surface area (Å²) in [6, 6.07) is 13.6. The molecule has 2 aromatic carbocycles. The Balaban J connectivity index is 1.63. The molecule has 0 spiro atoms. The third-order valence-electron chi connectivity index (χ3n) is 6.56. The van der Waals surface area contributed by atoms with Crippen LogP contribution in [0.5, 0.6) is 0 Å². The van der Waals surface area contributed by atoms with Gasteiger partial charge in [0.1, 0.15) is 5.15 Å². The molecule has 5 rings (SSSR count). The summed E-state index contributed by atoms with van der Waals surface area (Å²) in [5, 5.41) is 13.2. The van der Waals surface area contributed by atoms with Crippen LogP contribution in [0, 0.1) is 6.92 Å². The number of rotatable bonds is 5. The molecular formula is C28H21Cl2F3N4O. The van der Waals surface area contributed by atoms with E-state index in [9.17, 15) is 18.3 Å². The van der Waals surface area contributed by atoms with Crippen molar-refractivity contribution in [2.75, 3.05) is 0 Å². The van der Waals surface area contributed by atoms with Gasteiger partial charge in [-0.1, -0.05) is 47.5 Å². The molecule has 0 radical (unpaired) electrons. The molecule has 0 bridgehead atoms. The molecule has 0 aliphatic heterocycles. The van der Waals surface area contributed by atoms with Crippen LogP contribution >= 0.6 is 23.2 Å². The molecule has 5 nitrogen and oxygen atoms in total. The lowest BCUT2D eigenvalue weighted by atomic mass is 9.83. The van der Waals surface area contributed by atoms with Crippen LogP contribution in [0.25, 0.3) is 10.9 Å². The molecule has 5 aromatic rings. The Kier molecular flexibility index (Phi) is 6.67. The number of aliphatic hydroxyl groups is 1. The average molecular weight is 557 g/mol. The van der Waals surface area contributed by atoms with Crippen molar-refractivity contribution in [3.05, 3.63) is 123 Å². The highest BCUT2D eigenvalue weighted by atomic mass is 35.5. The van der Waals surface area contributed by atoms with Crippen molar-refractivity contribution in [2.45, 2.75) is 25.1 Å². The number of alkyl halides is 3. The Hall–Kier alpha value is -3.46. The van der Waals surface area contributed by atoms with Gasteiger partial charge in [-0.3, -0.25) is 4.98 Å². The van der Waals surface area contributed by atoms with Crippen LogP contribution < -0.4 is 0 Å². The molecule has 0 saturated heterocycles. The van der Waals surface area contributed by atoms with Gasteiger partial charge in [-0.05, 0) is 48.4 Å². The number of benzene rings is 2. The molecule has 0 aliphatic rings. The van der Waals surface area contributed by atoms with E-state index in [1.54, 1.807) is 54.6 Å². The normalized spacial score (nSPS) is 13.6. The minimum absolute atomic E-state index is 0.153. The van der Waals surface area contributed by atoms with Gasteiger partial charge in [0.15, 0.2) is 5.60 Å². The summed E-state index contributed by atoms with van der Waals surface area (Å²) >= 11 is 13.3. The predicted molar refractivity (Wildman–Crippen MR) is 140 cm³/mol. The maximum atomic E-state index is 13.0. The van der Waals surface area contributed by atoms with Gasteiger partial charge in [-0.25, -0.2) is 9.97 Å². The first-order chi connectivity index (χ1) is 18.0. The standard InChI is InChI=1S/C28H21Cl2F3N4O/c1-16-3-6-20(13-35-16)27(38,24-14-34-15-37(24)2)19-9-10-23-21(12-19)25(29)22(26(30)36-23)11-17-4-7-18(8-5-17)28(31,32)33/h3-10,12-15,38H,11H2,1-2H3. The van der Waals surface area contributed by atoms with Gasteiger partial charge >= 0.3 is 6.18 Å². The summed E-state index contributed by atoms with van der Waals surface area (Å²) in [6.45, 7) is 1.86. The number of aromatic nitrogens is 4. The summed E-state index contributed by atoms with van der Waals surface area (Å²) in [4.78, 5) is 13.0. The fourth-order valence-corrected chi connectivity index (χ4v) is 5.09. The van der Waals surface area contributed by atoms with Gasteiger partial charge in [0.25, 0.3) is 0 Å². The monoisotopic (exact) mass is 556 g/mol. The smallest absolute Gasteiger partial charge is 0.374 e. The number of hydrogen-bond donors (Lipinski definition) is 1. The highest BCUT2D eigenvalue weighted by molar-refractivity contribution is 6.39. The molecule has 3 heterocycles. The van der Waals surface area contributed by atoms with Crippen molar-refractivity contribution in [3.63, 3.8) is 0 Å². The maximum Gasteiger partial charge on any atom is 0.416 e. The first-order valence-electron chi connectivity index (χ1n) is 11.5. The Bertz CT molecular complexity index is 1630.